The fraction of sp³-hybridized carbons (Fsp3) is 0.478. The Labute approximate surface area is 186 Å². The van der Waals surface area contributed by atoms with Gasteiger partial charge in [0.1, 0.15) is 18.4 Å². The van der Waals surface area contributed by atoms with Gasteiger partial charge in [-0.05, 0) is 44.0 Å². The zero-order valence-electron chi connectivity index (χ0n) is 17.8. The highest BCUT2D eigenvalue weighted by molar-refractivity contribution is 7.21. The molecular formula is C23H28N4O3S. The highest BCUT2D eigenvalue weighted by atomic mass is 32.1. The van der Waals surface area contributed by atoms with Crippen LogP contribution in [0.2, 0.25) is 0 Å². The molecule has 7 nitrogen and oxygen atoms in total. The molecule has 31 heavy (non-hydrogen) atoms. The number of ether oxygens (including phenoxy) is 2. The molecule has 2 aliphatic rings. The Morgan fingerprint density at radius 1 is 1.19 bits per heavy atom. The van der Waals surface area contributed by atoms with E-state index in [1.165, 1.54) is 0 Å². The van der Waals surface area contributed by atoms with E-state index in [1.807, 2.05) is 30.3 Å². The fourth-order valence-electron chi connectivity index (χ4n) is 4.12. The molecule has 1 aromatic carbocycles. The molecule has 2 atom stereocenters. The Kier molecular flexibility index (Phi) is 6.20. The van der Waals surface area contributed by atoms with Gasteiger partial charge in [-0.1, -0.05) is 12.1 Å². The van der Waals surface area contributed by atoms with Crippen LogP contribution < -0.4 is 5.32 Å². The van der Waals surface area contributed by atoms with Crippen molar-refractivity contribution < 1.29 is 13.9 Å². The first kappa shape index (κ1) is 20.5. The maximum Gasteiger partial charge on any atom is 0.194 e. The largest absolute Gasteiger partial charge is 0.457 e. The molecule has 0 radical (unpaired) electrons. The van der Waals surface area contributed by atoms with Crippen molar-refractivity contribution in [3.8, 4) is 10.8 Å². The first-order valence-electron chi connectivity index (χ1n) is 11.0. The number of morpholine rings is 1. The summed E-state index contributed by atoms with van der Waals surface area (Å²) in [6, 6.07) is 12.1. The first-order chi connectivity index (χ1) is 15.3. The molecule has 0 amide bonds. The second-order valence-corrected chi connectivity index (χ2v) is 8.86. The van der Waals surface area contributed by atoms with Gasteiger partial charge in [0.25, 0.3) is 0 Å². The third-order valence-corrected chi connectivity index (χ3v) is 6.71. The summed E-state index contributed by atoms with van der Waals surface area (Å²) in [7, 11) is 0. The number of aromatic nitrogens is 1. The standard InChI is InChI=1S/C23H28N4O3S/c1-2-24-23(27-11-13-29-20(15-27)18-7-5-12-28-18)25-14-16-9-10-19(30-16)22-26-17-6-3-4-8-21(17)31-22/h3-4,6,8-10,18,20H,2,5,7,11-15H2,1H3,(H,24,25). The minimum atomic E-state index is 0.106. The van der Waals surface area contributed by atoms with E-state index in [-0.39, 0.29) is 12.2 Å². The summed E-state index contributed by atoms with van der Waals surface area (Å²) in [6.45, 7) is 6.54. The topological polar surface area (TPSA) is 72.1 Å². The SMILES string of the molecule is CCNC(=NCc1ccc(-c2nc3ccccc3s2)o1)N1CCOC(C2CCCO2)C1. The van der Waals surface area contributed by atoms with E-state index in [1.54, 1.807) is 11.3 Å². The summed E-state index contributed by atoms with van der Waals surface area (Å²) in [5, 5.41) is 4.32. The number of benzene rings is 1. The molecule has 0 saturated carbocycles. The Morgan fingerprint density at radius 2 is 2.10 bits per heavy atom. The molecule has 8 heteroatoms. The van der Waals surface area contributed by atoms with Crippen LogP contribution in [-0.2, 0) is 16.0 Å². The third-order valence-electron chi connectivity index (χ3n) is 5.66. The third kappa shape index (κ3) is 4.61. The highest BCUT2D eigenvalue weighted by Gasteiger charge is 2.32. The van der Waals surface area contributed by atoms with Gasteiger partial charge in [-0.2, -0.15) is 0 Å². The number of para-hydroxylation sites is 1. The molecule has 164 valence electrons. The first-order valence-corrected chi connectivity index (χ1v) is 11.8. The van der Waals surface area contributed by atoms with Gasteiger partial charge >= 0.3 is 0 Å². The van der Waals surface area contributed by atoms with Crippen molar-refractivity contribution in [2.45, 2.75) is 38.5 Å². The molecule has 5 rings (SSSR count). The quantitative estimate of drug-likeness (QED) is 0.479. The van der Waals surface area contributed by atoms with Gasteiger partial charge in [-0.15, -0.1) is 11.3 Å². The fourth-order valence-corrected chi connectivity index (χ4v) is 5.05. The summed E-state index contributed by atoms with van der Waals surface area (Å²) in [4.78, 5) is 11.8. The van der Waals surface area contributed by atoms with Crippen molar-refractivity contribution in [2.75, 3.05) is 32.8 Å². The van der Waals surface area contributed by atoms with E-state index >= 15 is 0 Å². The van der Waals surface area contributed by atoms with E-state index in [9.17, 15) is 0 Å². The molecular weight excluding hydrogens is 412 g/mol. The van der Waals surface area contributed by atoms with Crippen LogP contribution in [0.1, 0.15) is 25.5 Å². The van der Waals surface area contributed by atoms with Crippen LogP contribution in [0.3, 0.4) is 0 Å². The monoisotopic (exact) mass is 440 g/mol. The van der Waals surface area contributed by atoms with E-state index in [2.05, 4.69) is 28.2 Å². The van der Waals surface area contributed by atoms with Crippen molar-refractivity contribution in [3.63, 3.8) is 0 Å². The minimum Gasteiger partial charge on any atom is -0.457 e. The Balaban J connectivity index is 1.28. The molecule has 2 saturated heterocycles. The number of furan rings is 1. The predicted octanol–water partition coefficient (Wildman–Crippen LogP) is 3.90. The lowest BCUT2D eigenvalue weighted by molar-refractivity contribution is -0.0817. The summed E-state index contributed by atoms with van der Waals surface area (Å²) in [5.74, 6) is 2.52. The zero-order chi connectivity index (χ0) is 21.0. The van der Waals surface area contributed by atoms with Gasteiger partial charge in [0.15, 0.2) is 16.7 Å². The number of hydrogen-bond acceptors (Lipinski definition) is 6. The van der Waals surface area contributed by atoms with Crippen molar-refractivity contribution in [3.05, 3.63) is 42.2 Å². The number of guanidine groups is 1. The van der Waals surface area contributed by atoms with Gasteiger partial charge < -0.3 is 24.1 Å². The van der Waals surface area contributed by atoms with Crippen molar-refractivity contribution in [1.29, 1.82) is 0 Å². The minimum absolute atomic E-state index is 0.106. The number of thiazole rings is 1. The van der Waals surface area contributed by atoms with E-state index < -0.39 is 0 Å². The lowest BCUT2D eigenvalue weighted by Crippen LogP contribution is -2.53. The number of nitrogens with zero attached hydrogens (tertiary/aromatic N) is 3. The summed E-state index contributed by atoms with van der Waals surface area (Å²) < 4.78 is 19.1. The number of rotatable bonds is 5. The van der Waals surface area contributed by atoms with Crippen LogP contribution in [-0.4, -0.2) is 60.9 Å². The highest BCUT2D eigenvalue weighted by Crippen LogP contribution is 2.31. The second kappa shape index (κ2) is 9.38. The predicted molar refractivity (Wildman–Crippen MR) is 122 cm³/mol. The molecule has 2 fully saturated rings. The van der Waals surface area contributed by atoms with Gasteiger partial charge in [-0.25, -0.2) is 9.98 Å². The lowest BCUT2D eigenvalue weighted by Gasteiger charge is -2.37. The summed E-state index contributed by atoms with van der Waals surface area (Å²) >= 11 is 1.64. The van der Waals surface area contributed by atoms with Crippen LogP contribution in [0.25, 0.3) is 21.0 Å². The van der Waals surface area contributed by atoms with E-state index in [0.717, 1.165) is 71.8 Å². The lowest BCUT2D eigenvalue weighted by atomic mass is 10.1. The normalized spacial score (nSPS) is 22.4. The van der Waals surface area contributed by atoms with Gasteiger partial charge in [0, 0.05) is 26.2 Å². The van der Waals surface area contributed by atoms with Crippen LogP contribution in [0.15, 0.2) is 45.8 Å². The smallest absolute Gasteiger partial charge is 0.194 e. The van der Waals surface area contributed by atoms with Gasteiger partial charge in [0.05, 0.1) is 22.9 Å². The summed E-state index contributed by atoms with van der Waals surface area (Å²) in [6.07, 6.45) is 2.50. The number of hydrogen-bond donors (Lipinski definition) is 1. The summed E-state index contributed by atoms with van der Waals surface area (Å²) in [5.41, 5.74) is 1.00. The van der Waals surface area contributed by atoms with Crippen molar-refractivity contribution in [2.24, 2.45) is 4.99 Å². The molecule has 0 spiro atoms. The van der Waals surface area contributed by atoms with Crippen molar-refractivity contribution in [1.82, 2.24) is 15.2 Å². The average molecular weight is 441 g/mol. The van der Waals surface area contributed by atoms with E-state index in [4.69, 9.17) is 18.9 Å². The van der Waals surface area contributed by atoms with Gasteiger partial charge in [0.2, 0.25) is 0 Å². The Bertz CT molecular complexity index is 1010. The maximum atomic E-state index is 6.07. The maximum absolute atomic E-state index is 6.07. The molecule has 2 aromatic heterocycles. The van der Waals surface area contributed by atoms with Crippen molar-refractivity contribution >= 4 is 27.5 Å². The van der Waals surface area contributed by atoms with Crippen LogP contribution in [0.4, 0.5) is 0 Å². The number of nitrogens with one attached hydrogen (secondary N) is 1. The Morgan fingerprint density at radius 3 is 2.94 bits per heavy atom. The molecule has 0 aliphatic carbocycles. The second-order valence-electron chi connectivity index (χ2n) is 7.83. The van der Waals surface area contributed by atoms with E-state index in [0.29, 0.717) is 13.2 Å². The average Bonchev–Trinajstić information content (AvgIpc) is 3.57. The molecule has 0 bridgehead atoms. The van der Waals surface area contributed by atoms with Crippen LogP contribution in [0.5, 0.6) is 0 Å². The molecule has 2 aliphatic heterocycles. The van der Waals surface area contributed by atoms with Crippen LogP contribution >= 0.6 is 11.3 Å². The molecule has 3 aromatic rings. The van der Waals surface area contributed by atoms with Gasteiger partial charge in [-0.3, -0.25) is 0 Å². The number of fused-ring (bicyclic) bond motifs is 1. The zero-order valence-corrected chi connectivity index (χ0v) is 18.6. The van der Waals surface area contributed by atoms with Crippen LogP contribution in [0, 0.1) is 0 Å². The molecule has 2 unspecified atom stereocenters. The number of aliphatic imine (C=N–C) groups is 1. The Hall–Kier alpha value is -2.42. The molecule has 4 heterocycles. The molecule has 1 N–H and O–H groups in total.